The number of aliphatic carboxylic acids is 1. The largest absolute Gasteiger partial charge is 0.489 e. The summed E-state index contributed by atoms with van der Waals surface area (Å²) >= 11 is 0. The van der Waals surface area contributed by atoms with Gasteiger partial charge in [-0.3, -0.25) is 0 Å². The van der Waals surface area contributed by atoms with Crippen LogP contribution in [0, 0.1) is 0 Å². The summed E-state index contributed by atoms with van der Waals surface area (Å²) < 4.78 is 32.4. The summed E-state index contributed by atoms with van der Waals surface area (Å²) in [5.74, 6) is -0.921. The normalized spacial score (nSPS) is 12.0. The van der Waals surface area contributed by atoms with Crippen LogP contribution in [0.3, 0.4) is 0 Å². The van der Waals surface area contributed by atoms with E-state index in [1.54, 1.807) is 24.3 Å². The Balaban J connectivity index is 1.86. The van der Waals surface area contributed by atoms with E-state index in [-0.39, 0.29) is 18.8 Å². The fourth-order valence-electron chi connectivity index (χ4n) is 2.37. The van der Waals surface area contributed by atoms with Gasteiger partial charge in [0.25, 0.3) is 0 Å². The smallest absolute Gasteiger partial charge is 0.407 e. The summed E-state index contributed by atoms with van der Waals surface area (Å²) in [6.07, 6.45) is 0.0701. The summed E-state index contributed by atoms with van der Waals surface area (Å²) in [6, 6.07) is 15.3. The zero-order valence-corrected chi connectivity index (χ0v) is 16.7. The second kappa shape index (κ2) is 10.5. The number of carbonyl (C=O) groups is 2. The molecule has 1 amide bonds. The summed E-state index contributed by atoms with van der Waals surface area (Å²) in [4.78, 5) is 23.1. The van der Waals surface area contributed by atoms with E-state index in [4.69, 9.17) is 9.47 Å². The first-order chi connectivity index (χ1) is 13.7. The Hall–Kier alpha value is -3.07. The van der Waals surface area contributed by atoms with Gasteiger partial charge in [-0.25, -0.2) is 18.0 Å². The third-order valence-corrected chi connectivity index (χ3v) is 4.80. The minimum atomic E-state index is -3.27. The molecule has 0 spiro atoms. The van der Waals surface area contributed by atoms with Crippen LogP contribution in [0.15, 0.2) is 54.6 Å². The molecule has 0 fully saturated rings. The number of ether oxygens (including phenoxy) is 2. The van der Waals surface area contributed by atoms with Crippen LogP contribution in [0.4, 0.5) is 4.79 Å². The van der Waals surface area contributed by atoms with E-state index in [2.05, 4.69) is 5.32 Å². The molecule has 0 saturated carbocycles. The highest BCUT2D eigenvalue weighted by atomic mass is 32.2. The number of benzene rings is 2. The van der Waals surface area contributed by atoms with Gasteiger partial charge >= 0.3 is 12.1 Å². The maximum atomic E-state index is 11.7. The molecule has 0 aliphatic rings. The van der Waals surface area contributed by atoms with Crippen LogP contribution in [-0.4, -0.2) is 50.2 Å². The second-order valence-electron chi connectivity index (χ2n) is 6.42. The molecule has 8 nitrogen and oxygen atoms in total. The summed E-state index contributed by atoms with van der Waals surface area (Å²) in [7, 11) is -3.27. The number of rotatable bonds is 10. The van der Waals surface area contributed by atoms with E-state index >= 15 is 0 Å². The van der Waals surface area contributed by atoms with Crippen molar-refractivity contribution in [3.05, 3.63) is 65.7 Å². The van der Waals surface area contributed by atoms with E-state index in [1.807, 2.05) is 30.3 Å². The van der Waals surface area contributed by atoms with Crippen molar-refractivity contribution in [3.63, 3.8) is 0 Å². The molecule has 0 heterocycles. The predicted molar refractivity (Wildman–Crippen MR) is 107 cm³/mol. The zero-order valence-electron chi connectivity index (χ0n) is 15.9. The lowest BCUT2D eigenvalue weighted by molar-refractivity contribution is -0.139. The van der Waals surface area contributed by atoms with Crippen molar-refractivity contribution in [1.82, 2.24) is 5.32 Å². The molecule has 0 bridgehead atoms. The quantitative estimate of drug-likeness (QED) is 0.602. The molecular formula is C20H23NO7S. The van der Waals surface area contributed by atoms with Crippen molar-refractivity contribution in [3.8, 4) is 5.75 Å². The van der Waals surface area contributed by atoms with Gasteiger partial charge in [-0.05, 0) is 23.3 Å². The first kappa shape index (κ1) is 22.2. The number of hydrogen-bond acceptors (Lipinski definition) is 6. The molecule has 1 atom stereocenters. The van der Waals surface area contributed by atoms with Crippen LogP contribution >= 0.6 is 0 Å². The Morgan fingerprint density at radius 2 is 1.69 bits per heavy atom. The van der Waals surface area contributed by atoms with Crippen molar-refractivity contribution in [1.29, 1.82) is 0 Å². The van der Waals surface area contributed by atoms with Gasteiger partial charge < -0.3 is 19.9 Å². The van der Waals surface area contributed by atoms with Crippen LogP contribution in [0.5, 0.6) is 5.75 Å². The van der Waals surface area contributed by atoms with Crippen molar-refractivity contribution >= 4 is 21.9 Å². The van der Waals surface area contributed by atoms with Gasteiger partial charge in [0.15, 0.2) is 9.84 Å². The number of carbonyl (C=O) groups excluding carboxylic acids is 1. The predicted octanol–water partition coefficient (Wildman–Crippen LogP) is 2.03. The molecule has 156 valence electrons. The van der Waals surface area contributed by atoms with Crippen molar-refractivity contribution in [2.75, 3.05) is 18.6 Å². The van der Waals surface area contributed by atoms with Gasteiger partial charge in [-0.15, -0.1) is 0 Å². The molecular weight excluding hydrogens is 398 g/mol. The molecule has 0 aliphatic heterocycles. The van der Waals surface area contributed by atoms with E-state index < -0.39 is 27.9 Å². The topological polar surface area (TPSA) is 119 Å². The van der Waals surface area contributed by atoms with Crippen molar-refractivity contribution in [2.24, 2.45) is 0 Å². The third kappa shape index (κ3) is 8.65. The molecule has 0 radical (unpaired) electrons. The fourth-order valence-corrected chi connectivity index (χ4v) is 2.75. The molecule has 2 aromatic carbocycles. The number of sulfone groups is 1. The van der Waals surface area contributed by atoms with Gasteiger partial charge in [0.1, 0.15) is 25.0 Å². The number of hydrogen-bond donors (Lipinski definition) is 2. The number of alkyl carbamates (subject to hydrolysis) is 1. The first-order valence-corrected chi connectivity index (χ1v) is 10.9. The Morgan fingerprint density at radius 3 is 2.28 bits per heavy atom. The number of carboxylic acids is 1. The Bertz CT molecular complexity index is 912. The minimum Gasteiger partial charge on any atom is -0.489 e. The van der Waals surface area contributed by atoms with Crippen LogP contribution in [-0.2, 0) is 32.4 Å². The Morgan fingerprint density at radius 1 is 1.03 bits per heavy atom. The molecule has 1 unspecified atom stereocenters. The lowest BCUT2D eigenvalue weighted by Gasteiger charge is -2.15. The number of amides is 1. The standard InChI is InChI=1S/C20H23NO7S/c1-29(25,26)12-11-27-20(24)21-18(19(22)23)13-15-7-9-17(10-8-15)28-14-16-5-3-2-4-6-16/h2-10,18H,11-14H2,1H3,(H,21,24)(H,22,23). The van der Waals surface area contributed by atoms with E-state index in [9.17, 15) is 23.1 Å². The molecule has 0 saturated heterocycles. The van der Waals surface area contributed by atoms with Gasteiger partial charge in [0.05, 0.1) is 5.75 Å². The zero-order chi connectivity index (χ0) is 21.3. The van der Waals surface area contributed by atoms with Crippen molar-refractivity contribution < 1.29 is 32.6 Å². The van der Waals surface area contributed by atoms with E-state index in [0.29, 0.717) is 17.9 Å². The highest BCUT2D eigenvalue weighted by Crippen LogP contribution is 2.15. The average molecular weight is 421 g/mol. The maximum Gasteiger partial charge on any atom is 0.407 e. The lowest BCUT2D eigenvalue weighted by atomic mass is 10.1. The molecule has 2 N–H and O–H groups in total. The Kier molecular flexibility index (Phi) is 8.02. The first-order valence-electron chi connectivity index (χ1n) is 8.82. The second-order valence-corrected chi connectivity index (χ2v) is 8.68. The fraction of sp³-hybridized carbons (Fsp3) is 0.300. The lowest BCUT2D eigenvalue weighted by Crippen LogP contribution is -2.42. The van der Waals surface area contributed by atoms with Crippen LogP contribution in [0.1, 0.15) is 11.1 Å². The summed E-state index contributed by atoms with van der Waals surface area (Å²) in [5.41, 5.74) is 1.71. The monoisotopic (exact) mass is 421 g/mol. The third-order valence-electron chi connectivity index (χ3n) is 3.89. The molecule has 0 aromatic heterocycles. The van der Waals surface area contributed by atoms with Crippen LogP contribution in [0.2, 0.25) is 0 Å². The number of nitrogens with one attached hydrogen (secondary N) is 1. The molecule has 29 heavy (non-hydrogen) atoms. The maximum absolute atomic E-state index is 11.7. The molecule has 2 aromatic rings. The van der Waals surface area contributed by atoms with E-state index in [0.717, 1.165) is 11.8 Å². The summed E-state index contributed by atoms with van der Waals surface area (Å²) in [6.45, 7) is 0.0727. The summed E-state index contributed by atoms with van der Waals surface area (Å²) in [5, 5.41) is 11.5. The highest BCUT2D eigenvalue weighted by molar-refractivity contribution is 7.90. The molecule has 0 aliphatic carbocycles. The van der Waals surface area contributed by atoms with Crippen molar-refractivity contribution in [2.45, 2.75) is 19.1 Å². The van der Waals surface area contributed by atoms with Gasteiger partial charge in [-0.1, -0.05) is 42.5 Å². The average Bonchev–Trinajstić information content (AvgIpc) is 2.66. The number of carboxylic acid groups (broad SMARTS) is 1. The van der Waals surface area contributed by atoms with Crippen LogP contribution in [0.25, 0.3) is 0 Å². The van der Waals surface area contributed by atoms with Gasteiger partial charge in [0.2, 0.25) is 0 Å². The van der Waals surface area contributed by atoms with Gasteiger partial charge in [-0.2, -0.15) is 0 Å². The molecule has 2 rings (SSSR count). The SMILES string of the molecule is CS(=O)(=O)CCOC(=O)NC(Cc1ccc(OCc2ccccc2)cc1)C(=O)O. The van der Waals surface area contributed by atoms with Crippen LogP contribution < -0.4 is 10.1 Å². The van der Waals surface area contributed by atoms with Gasteiger partial charge in [0, 0.05) is 12.7 Å². The van der Waals surface area contributed by atoms with E-state index in [1.165, 1.54) is 0 Å². The highest BCUT2D eigenvalue weighted by Gasteiger charge is 2.21. The minimum absolute atomic E-state index is 0.0372. The Labute approximate surface area is 169 Å². The molecule has 9 heteroatoms.